The van der Waals surface area contributed by atoms with E-state index in [0.29, 0.717) is 40.9 Å². The molecule has 53 heavy (non-hydrogen) atoms. The number of rotatable bonds is 10. The second-order valence-corrected chi connectivity index (χ2v) is 18.0. The van der Waals surface area contributed by atoms with Gasteiger partial charge in [0.25, 0.3) is 0 Å². The van der Waals surface area contributed by atoms with Crippen molar-refractivity contribution in [1.29, 1.82) is 0 Å². The van der Waals surface area contributed by atoms with E-state index >= 15 is 0 Å². The summed E-state index contributed by atoms with van der Waals surface area (Å²) >= 11 is 0. The van der Waals surface area contributed by atoms with Crippen molar-refractivity contribution in [1.82, 2.24) is 0 Å². The predicted octanol–water partition coefficient (Wildman–Crippen LogP) is 7.76. The Morgan fingerprint density at radius 2 is 1.70 bits per heavy atom. The summed E-state index contributed by atoms with van der Waals surface area (Å²) in [6, 6.07) is 8.70. The molecule has 7 rings (SSSR count). The van der Waals surface area contributed by atoms with Crippen molar-refractivity contribution >= 4 is 21.6 Å². The number of fused-ring (bicyclic) bond motifs is 6. The third-order valence-corrected chi connectivity index (χ3v) is 14.5. The molecule has 1 fully saturated rings. The molecule has 10 nitrogen and oxygen atoms in total. The lowest BCUT2D eigenvalue weighted by Gasteiger charge is -2.43. The largest absolute Gasteiger partial charge is 0.508 e. The molecule has 0 amide bonds. The number of benzene rings is 3. The van der Waals surface area contributed by atoms with E-state index in [1.54, 1.807) is 22.9 Å². The highest BCUT2D eigenvalue weighted by atomic mass is 33.1. The van der Waals surface area contributed by atoms with Crippen LogP contribution < -0.4 is 18.9 Å². The first-order chi connectivity index (χ1) is 25.6. The number of ether oxygens (including phenoxy) is 4. The van der Waals surface area contributed by atoms with Crippen molar-refractivity contribution in [2.45, 2.75) is 94.0 Å². The number of hydrogen-bond acceptors (Lipinski definition) is 12. The number of aliphatic hydroxyl groups is 3. The Kier molecular flexibility index (Phi) is 11.7. The maximum atomic E-state index is 12.5. The van der Waals surface area contributed by atoms with Crippen molar-refractivity contribution in [2.75, 3.05) is 39.3 Å². The molecule has 12 heteroatoms. The maximum absolute atomic E-state index is 12.5. The fourth-order valence-corrected chi connectivity index (χ4v) is 12.1. The second-order valence-electron chi connectivity index (χ2n) is 15.3. The van der Waals surface area contributed by atoms with Gasteiger partial charge in [-0.15, -0.1) is 0 Å². The summed E-state index contributed by atoms with van der Waals surface area (Å²) in [6.07, 6.45) is 4.92. The van der Waals surface area contributed by atoms with Crippen LogP contribution in [0.2, 0.25) is 0 Å². The van der Waals surface area contributed by atoms with Crippen LogP contribution in [0, 0.1) is 11.8 Å². The van der Waals surface area contributed by atoms with Gasteiger partial charge in [0.2, 0.25) is 11.5 Å². The van der Waals surface area contributed by atoms with Crippen molar-refractivity contribution in [3.8, 4) is 51.4 Å². The molecule has 0 saturated heterocycles. The van der Waals surface area contributed by atoms with Crippen molar-refractivity contribution in [3.63, 3.8) is 0 Å². The fourth-order valence-electron chi connectivity index (χ4n) is 8.95. The van der Waals surface area contributed by atoms with E-state index in [9.17, 15) is 30.6 Å². The number of methoxy groups -OCH3 is 1. The van der Waals surface area contributed by atoms with Gasteiger partial charge in [-0.3, -0.25) is 0 Å². The Bertz CT molecular complexity index is 1780. The SMILES string of the molecule is COc1c(O)c(OCCC(C)C)cc([C@H]2Oc3cc(OCCO)c4c5c3[C@H](CSS[C@@H]3CCC[C@H](CC[C@@H](c6cc(O)ccc6-4)[C@@H]5CO)C3)[C@H]2O)c1O. The summed E-state index contributed by atoms with van der Waals surface area (Å²) in [5, 5.41) is 67.6. The zero-order chi connectivity index (χ0) is 37.4. The second kappa shape index (κ2) is 16.3. The number of hydrogen-bond donors (Lipinski definition) is 6. The van der Waals surface area contributed by atoms with Gasteiger partial charge in [-0.1, -0.05) is 54.3 Å². The van der Waals surface area contributed by atoms with Gasteiger partial charge in [0.1, 0.15) is 30.0 Å². The summed E-state index contributed by atoms with van der Waals surface area (Å²) in [6.45, 7) is 4.11. The van der Waals surface area contributed by atoms with Gasteiger partial charge in [-0.05, 0) is 84.7 Å². The molecule has 1 saturated carbocycles. The van der Waals surface area contributed by atoms with Crippen LogP contribution in [0.1, 0.15) is 105 Å². The maximum Gasteiger partial charge on any atom is 0.207 e. The van der Waals surface area contributed by atoms with Gasteiger partial charge in [-0.2, -0.15) is 0 Å². The third-order valence-electron chi connectivity index (χ3n) is 11.5. The van der Waals surface area contributed by atoms with Crippen molar-refractivity contribution in [3.05, 3.63) is 52.6 Å². The highest BCUT2D eigenvalue weighted by Gasteiger charge is 2.47. The van der Waals surface area contributed by atoms with E-state index in [1.165, 1.54) is 26.0 Å². The molecule has 2 aliphatic heterocycles. The average molecular weight is 769 g/mol. The average Bonchev–Trinajstić information content (AvgIpc) is 3.14. The van der Waals surface area contributed by atoms with E-state index in [4.69, 9.17) is 18.9 Å². The lowest BCUT2D eigenvalue weighted by molar-refractivity contribution is 0.00260. The number of phenols is 3. The fraction of sp³-hybridized carbons (Fsp3) is 0.561. The first-order valence-corrected chi connectivity index (χ1v) is 21.3. The van der Waals surface area contributed by atoms with Gasteiger partial charge in [0, 0.05) is 45.6 Å². The van der Waals surface area contributed by atoms with Gasteiger partial charge in [0.05, 0.1) is 26.9 Å². The van der Waals surface area contributed by atoms with Crippen LogP contribution in [0.3, 0.4) is 0 Å². The first-order valence-electron chi connectivity index (χ1n) is 18.9. The van der Waals surface area contributed by atoms with Crippen molar-refractivity contribution < 1.29 is 49.6 Å². The summed E-state index contributed by atoms with van der Waals surface area (Å²) in [4.78, 5) is 0. The van der Waals surface area contributed by atoms with E-state index in [-0.39, 0.29) is 66.0 Å². The van der Waals surface area contributed by atoms with Gasteiger partial charge in [-0.25, -0.2) is 0 Å². The molecule has 3 aromatic rings. The molecule has 3 aromatic carbocycles. The molecule has 288 valence electrons. The number of aromatic hydroxyl groups is 3. The van der Waals surface area contributed by atoms with Crippen LogP contribution >= 0.6 is 21.6 Å². The lowest BCUT2D eigenvalue weighted by Crippen LogP contribution is -2.38. The van der Waals surface area contributed by atoms with E-state index in [0.717, 1.165) is 59.9 Å². The quantitative estimate of drug-likeness (QED) is 0.112. The highest BCUT2D eigenvalue weighted by Crippen LogP contribution is 2.61. The Labute approximate surface area is 319 Å². The molecule has 6 N–H and O–H groups in total. The Hall–Kier alpha value is -3.16. The molecule has 2 heterocycles. The third kappa shape index (κ3) is 7.34. The monoisotopic (exact) mass is 768 g/mol. The summed E-state index contributed by atoms with van der Waals surface area (Å²) in [7, 11) is 4.98. The molecule has 4 aliphatic rings. The van der Waals surface area contributed by atoms with Crippen LogP contribution in [0.5, 0.6) is 40.2 Å². The molecule has 7 atom stereocenters. The normalized spacial score (nSPS) is 26.4. The van der Waals surface area contributed by atoms with E-state index in [2.05, 4.69) is 13.8 Å². The Balaban J connectivity index is 1.43. The summed E-state index contributed by atoms with van der Waals surface area (Å²) in [5.74, 6) is 0.773. The topological polar surface area (TPSA) is 158 Å². The predicted molar refractivity (Wildman–Crippen MR) is 207 cm³/mol. The van der Waals surface area contributed by atoms with E-state index in [1.807, 2.05) is 22.9 Å². The highest BCUT2D eigenvalue weighted by molar-refractivity contribution is 8.76. The molecule has 0 radical (unpaired) electrons. The summed E-state index contributed by atoms with van der Waals surface area (Å²) < 4.78 is 24.5. The summed E-state index contributed by atoms with van der Waals surface area (Å²) in [5.41, 5.74) is 4.46. The van der Waals surface area contributed by atoms with Crippen molar-refractivity contribution in [2.24, 2.45) is 11.8 Å². The van der Waals surface area contributed by atoms with Gasteiger partial charge < -0.3 is 49.6 Å². The smallest absolute Gasteiger partial charge is 0.207 e. The lowest BCUT2D eigenvalue weighted by atomic mass is 9.65. The zero-order valence-corrected chi connectivity index (χ0v) is 32.3. The molecular weight excluding hydrogens is 717 g/mol. The van der Waals surface area contributed by atoms with Crippen LogP contribution in [0.25, 0.3) is 11.1 Å². The molecule has 2 aliphatic carbocycles. The zero-order valence-electron chi connectivity index (χ0n) is 30.6. The first kappa shape index (κ1) is 38.1. The minimum Gasteiger partial charge on any atom is -0.508 e. The number of aliphatic hydroxyl groups excluding tert-OH is 3. The van der Waals surface area contributed by atoms with Gasteiger partial charge >= 0.3 is 0 Å². The molecular formula is C41H52O10S2. The Morgan fingerprint density at radius 3 is 2.45 bits per heavy atom. The number of phenolic OH excluding ortho intramolecular Hbond substituents is 3. The van der Waals surface area contributed by atoms with Crippen LogP contribution in [0.4, 0.5) is 0 Å². The minimum atomic E-state index is -1.16. The standard InChI is InChI=1S/C41H52O10S2/c1-21(2)11-13-49-33-17-28(37(45)41(48-3)39(33)47)40-38(46)30-20-52-53-24-6-4-5-22(15-24)7-9-25-27-16-23(44)8-10-26(27)34-31(50-14-12-42)18-32(51-40)35(30)36(34)29(25)19-43/h8,10,16-18,21-22,24-25,29-30,38,40,42-47H,4-7,9,11-15,19-20H2,1-3H3/t22-,24-,25+,29+,30+,38-,40-/m1/s1. The van der Waals surface area contributed by atoms with Gasteiger partial charge in [0.15, 0.2) is 17.6 Å². The van der Waals surface area contributed by atoms with E-state index < -0.39 is 18.1 Å². The molecule has 0 aromatic heterocycles. The van der Waals surface area contributed by atoms with Crippen LogP contribution in [-0.2, 0) is 0 Å². The molecule has 0 spiro atoms. The Morgan fingerprint density at radius 1 is 0.887 bits per heavy atom. The van der Waals surface area contributed by atoms with Crippen LogP contribution in [-0.4, -0.2) is 81.3 Å². The molecule has 0 unspecified atom stereocenters. The minimum absolute atomic E-state index is 0.0178. The molecule has 4 bridgehead atoms. The van der Waals surface area contributed by atoms with Crippen LogP contribution in [0.15, 0.2) is 30.3 Å².